The Kier molecular flexibility index (Phi) is 5.84. The van der Waals surface area contributed by atoms with E-state index in [-0.39, 0.29) is 5.41 Å². The minimum atomic E-state index is -0.817. The molecule has 1 N–H and O–H groups in total. The first-order valence-electron chi connectivity index (χ1n) is 6.44. The molecular weight excluding hydrogens is 230 g/mol. The topological polar surface area (TPSA) is 55.4 Å². The average Bonchev–Trinajstić information content (AvgIpc) is 2.09. The molecule has 0 atom stereocenters. The number of rotatable bonds is 4. The fourth-order valence-electron chi connectivity index (χ4n) is 1.89. The summed E-state index contributed by atoms with van der Waals surface area (Å²) in [6, 6.07) is 0. The van der Waals surface area contributed by atoms with Crippen molar-refractivity contribution in [2.24, 2.45) is 11.3 Å². The van der Waals surface area contributed by atoms with Crippen LogP contribution in [0.5, 0.6) is 0 Å². The highest BCUT2D eigenvalue weighted by Crippen LogP contribution is 2.24. The highest BCUT2D eigenvalue weighted by Gasteiger charge is 2.25. The van der Waals surface area contributed by atoms with E-state index in [0.29, 0.717) is 12.5 Å². The van der Waals surface area contributed by atoms with Gasteiger partial charge in [0.15, 0.2) is 0 Å². The summed E-state index contributed by atoms with van der Waals surface area (Å²) in [6.45, 7) is 14.1. The molecule has 0 aliphatic carbocycles. The van der Waals surface area contributed by atoms with Gasteiger partial charge in [0, 0.05) is 6.54 Å². The van der Waals surface area contributed by atoms with E-state index in [9.17, 15) is 9.59 Å². The molecule has 0 aromatic heterocycles. The Hall–Kier alpha value is -1.06. The molecule has 0 aromatic rings. The van der Waals surface area contributed by atoms with Gasteiger partial charge in [0.05, 0.1) is 0 Å². The summed E-state index contributed by atoms with van der Waals surface area (Å²) >= 11 is 0. The van der Waals surface area contributed by atoms with Crippen molar-refractivity contribution >= 4 is 11.9 Å². The molecule has 0 fully saturated rings. The third-order valence-corrected chi connectivity index (χ3v) is 2.27. The predicted octanol–water partition coefficient (Wildman–Crippen LogP) is 2.52. The molecule has 4 nitrogen and oxygen atoms in total. The molecule has 0 heterocycles. The Morgan fingerprint density at radius 2 is 1.61 bits per heavy atom. The van der Waals surface area contributed by atoms with Gasteiger partial charge in [-0.2, -0.15) is 0 Å². The molecule has 0 aliphatic heterocycles. The molecule has 0 aliphatic rings. The van der Waals surface area contributed by atoms with Crippen molar-refractivity contribution in [2.45, 2.75) is 60.5 Å². The summed E-state index contributed by atoms with van der Waals surface area (Å²) in [6.07, 6.45) is 0.988. The van der Waals surface area contributed by atoms with Gasteiger partial charge in [-0.3, -0.25) is 4.79 Å². The first-order chi connectivity index (χ1) is 7.93. The molecule has 0 bridgehead atoms. The minimum Gasteiger partial charge on any atom is -0.453 e. The quantitative estimate of drug-likeness (QED) is 0.622. The van der Waals surface area contributed by atoms with E-state index in [0.717, 1.165) is 6.42 Å². The second-order valence-corrected chi connectivity index (χ2v) is 6.95. The van der Waals surface area contributed by atoms with Crippen LogP contribution in [0.2, 0.25) is 0 Å². The third kappa shape index (κ3) is 8.09. The monoisotopic (exact) mass is 257 g/mol. The second-order valence-electron chi connectivity index (χ2n) is 6.95. The van der Waals surface area contributed by atoms with Crippen LogP contribution < -0.4 is 5.32 Å². The number of ether oxygens (including phenoxy) is 1. The smallest absolute Gasteiger partial charge is 0.397 e. The number of carbonyl (C=O) groups is 2. The van der Waals surface area contributed by atoms with E-state index in [1.165, 1.54) is 0 Å². The standard InChI is InChI=1S/C14H27NO3/c1-10(2)8-14(6,7)9-15-11(16)12(17)18-13(3,4)5/h10H,8-9H2,1-7H3,(H,15,16). The van der Waals surface area contributed by atoms with Crippen molar-refractivity contribution in [3.8, 4) is 0 Å². The normalized spacial score (nSPS) is 12.4. The lowest BCUT2D eigenvalue weighted by molar-refractivity contribution is -0.163. The van der Waals surface area contributed by atoms with Crippen molar-refractivity contribution in [2.75, 3.05) is 6.54 Å². The number of hydrogen-bond donors (Lipinski definition) is 1. The van der Waals surface area contributed by atoms with E-state index in [2.05, 4.69) is 33.0 Å². The summed E-state index contributed by atoms with van der Waals surface area (Å²) < 4.78 is 4.99. The molecule has 18 heavy (non-hydrogen) atoms. The molecule has 0 aromatic carbocycles. The Morgan fingerprint density at radius 3 is 2.00 bits per heavy atom. The summed E-state index contributed by atoms with van der Waals surface area (Å²) in [5.74, 6) is -0.928. The van der Waals surface area contributed by atoms with Crippen molar-refractivity contribution in [1.82, 2.24) is 5.32 Å². The van der Waals surface area contributed by atoms with Gasteiger partial charge >= 0.3 is 11.9 Å². The van der Waals surface area contributed by atoms with Crippen molar-refractivity contribution in [3.05, 3.63) is 0 Å². The molecule has 106 valence electrons. The maximum absolute atomic E-state index is 11.6. The Balaban J connectivity index is 4.22. The van der Waals surface area contributed by atoms with E-state index < -0.39 is 17.5 Å². The van der Waals surface area contributed by atoms with Crippen LogP contribution in [0.25, 0.3) is 0 Å². The average molecular weight is 257 g/mol. The van der Waals surface area contributed by atoms with E-state index in [1.807, 2.05) is 0 Å². The summed E-state index contributed by atoms with van der Waals surface area (Å²) in [7, 11) is 0. The zero-order valence-corrected chi connectivity index (χ0v) is 12.7. The molecule has 0 saturated heterocycles. The molecule has 0 rings (SSSR count). The van der Waals surface area contributed by atoms with Gasteiger partial charge in [-0.15, -0.1) is 0 Å². The number of hydrogen-bond acceptors (Lipinski definition) is 3. The van der Waals surface area contributed by atoms with Gasteiger partial charge in [0.25, 0.3) is 0 Å². The van der Waals surface area contributed by atoms with Crippen LogP contribution >= 0.6 is 0 Å². The summed E-state index contributed by atoms with van der Waals surface area (Å²) in [5, 5.41) is 2.64. The molecule has 0 unspecified atom stereocenters. The maximum atomic E-state index is 11.6. The Bertz CT molecular complexity index is 301. The number of esters is 1. The predicted molar refractivity (Wildman–Crippen MR) is 72.1 cm³/mol. The molecule has 0 radical (unpaired) electrons. The molecule has 0 spiro atoms. The Labute approximate surface area is 110 Å². The lowest BCUT2D eigenvalue weighted by Gasteiger charge is -2.27. The van der Waals surface area contributed by atoms with Gasteiger partial charge in [-0.25, -0.2) is 4.79 Å². The van der Waals surface area contributed by atoms with Gasteiger partial charge in [-0.1, -0.05) is 27.7 Å². The van der Waals surface area contributed by atoms with Gasteiger partial charge in [0.1, 0.15) is 5.60 Å². The van der Waals surface area contributed by atoms with E-state index in [4.69, 9.17) is 4.74 Å². The third-order valence-electron chi connectivity index (χ3n) is 2.27. The van der Waals surface area contributed by atoms with Crippen LogP contribution in [0.3, 0.4) is 0 Å². The van der Waals surface area contributed by atoms with Crippen LogP contribution in [0.4, 0.5) is 0 Å². The molecular formula is C14H27NO3. The Morgan fingerprint density at radius 1 is 1.11 bits per heavy atom. The van der Waals surface area contributed by atoms with Crippen LogP contribution in [0.1, 0.15) is 54.9 Å². The van der Waals surface area contributed by atoms with Gasteiger partial charge in [-0.05, 0) is 38.5 Å². The van der Waals surface area contributed by atoms with Crippen LogP contribution in [-0.4, -0.2) is 24.0 Å². The second kappa shape index (κ2) is 6.21. The number of amides is 1. The van der Waals surface area contributed by atoms with E-state index in [1.54, 1.807) is 20.8 Å². The minimum absolute atomic E-state index is 0.0220. The van der Waals surface area contributed by atoms with Crippen LogP contribution in [0, 0.1) is 11.3 Å². The summed E-state index contributed by atoms with van der Waals surface area (Å²) in [4.78, 5) is 23.0. The molecule has 0 saturated carbocycles. The fourth-order valence-corrected chi connectivity index (χ4v) is 1.89. The lowest BCUT2D eigenvalue weighted by Crippen LogP contribution is -2.41. The highest BCUT2D eigenvalue weighted by atomic mass is 16.6. The van der Waals surface area contributed by atoms with Crippen LogP contribution in [0.15, 0.2) is 0 Å². The zero-order chi connectivity index (χ0) is 14.6. The molecule has 4 heteroatoms. The first kappa shape index (κ1) is 16.9. The van der Waals surface area contributed by atoms with Gasteiger partial charge < -0.3 is 10.1 Å². The maximum Gasteiger partial charge on any atom is 0.397 e. The van der Waals surface area contributed by atoms with Crippen LogP contribution in [-0.2, 0) is 14.3 Å². The van der Waals surface area contributed by atoms with Crippen molar-refractivity contribution in [3.63, 3.8) is 0 Å². The van der Waals surface area contributed by atoms with Crippen molar-refractivity contribution in [1.29, 1.82) is 0 Å². The van der Waals surface area contributed by atoms with Gasteiger partial charge in [0.2, 0.25) is 0 Å². The number of nitrogens with one attached hydrogen (secondary N) is 1. The van der Waals surface area contributed by atoms with E-state index >= 15 is 0 Å². The largest absolute Gasteiger partial charge is 0.453 e. The number of carbonyl (C=O) groups excluding carboxylic acids is 2. The zero-order valence-electron chi connectivity index (χ0n) is 12.7. The summed E-state index contributed by atoms with van der Waals surface area (Å²) in [5.41, 5.74) is -0.659. The van der Waals surface area contributed by atoms with Crippen molar-refractivity contribution < 1.29 is 14.3 Å². The lowest BCUT2D eigenvalue weighted by atomic mass is 9.84. The SMILES string of the molecule is CC(C)CC(C)(C)CNC(=O)C(=O)OC(C)(C)C. The fraction of sp³-hybridized carbons (Fsp3) is 0.857. The molecule has 1 amide bonds. The highest BCUT2D eigenvalue weighted by molar-refractivity contribution is 6.32. The first-order valence-corrected chi connectivity index (χ1v) is 6.44.